The normalized spacial score (nSPS) is 41.1. The van der Waals surface area contributed by atoms with Gasteiger partial charge in [-0.2, -0.15) is 0 Å². The third-order valence-electron chi connectivity index (χ3n) is 3.97. The standard InChI is InChI=1S/C12H25N3O/c1-14(2)7-9-6-10(16)8-15(9)12-5-3-4-11(12)13/h9-12,16H,3-8,13H2,1-2H3. The molecule has 4 atom stereocenters. The van der Waals surface area contributed by atoms with Crippen molar-refractivity contribution in [2.75, 3.05) is 27.2 Å². The molecule has 0 aromatic rings. The number of aliphatic hydroxyl groups excluding tert-OH is 1. The molecule has 4 heteroatoms. The minimum absolute atomic E-state index is 0.155. The van der Waals surface area contributed by atoms with Crippen molar-refractivity contribution in [1.29, 1.82) is 0 Å². The van der Waals surface area contributed by atoms with Crippen LogP contribution in [0.3, 0.4) is 0 Å². The molecule has 0 aromatic heterocycles. The first kappa shape index (κ1) is 12.3. The minimum Gasteiger partial charge on any atom is -0.392 e. The van der Waals surface area contributed by atoms with Crippen LogP contribution in [0.5, 0.6) is 0 Å². The maximum atomic E-state index is 9.83. The lowest BCUT2D eigenvalue weighted by molar-refractivity contribution is 0.130. The summed E-state index contributed by atoms with van der Waals surface area (Å²) in [6.45, 7) is 1.84. The fourth-order valence-electron chi connectivity index (χ4n) is 3.30. The Bertz CT molecular complexity index is 234. The van der Waals surface area contributed by atoms with E-state index in [1.807, 2.05) is 0 Å². The van der Waals surface area contributed by atoms with Crippen LogP contribution in [0.15, 0.2) is 0 Å². The summed E-state index contributed by atoms with van der Waals surface area (Å²) in [6, 6.07) is 1.30. The van der Waals surface area contributed by atoms with Crippen LogP contribution in [0.25, 0.3) is 0 Å². The van der Waals surface area contributed by atoms with E-state index >= 15 is 0 Å². The van der Waals surface area contributed by atoms with E-state index in [0.29, 0.717) is 18.1 Å². The third-order valence-corrected chi connectivity index (χ3v) is 3.97. The van der Waals surface area contributed by atoms with Crippen molar-refractivity contribution < 1.29 is 5.11 Å². The van der Waals surface area contributed by atoms with Crippen molar-refractivity contribution >= 4 is 0 Å². The molecule has 2 fully saturated rings. The lowest BCUT2D eigenvalue weighted by Gasteiger charge is -2.34. The van der Waals surface area contributed by atoms with Gasteiger partial charge in [0.15, 0.2) is 0 Å². The van der Waals surface area contributed by atoms with E-state index in [4.69, 9.17) is 5.73 Å². The summed E-state index contributed by atoms with van der Waals surface area (Å²) in [6.07, 6.45) is 4.34. The van der Waals surface area contributed by atoms with Gasteiger partial charge in [0.1, 0.15) is 0 Å². The molecule has 4 nitrogen and oxygen atoms in total. The molecule has 1 saturated carbocycles. The molecular formula is C12H25N3O. The van der Waals surface area contributed by atoms with Crippen molar-refractivity contribution in [2.24, 2.45) is 5.73 Å². The Kier molecular flexibility index (Phi) is 3.85. The van der Waals surface area contributed by atoms with E-state index in [9.17, 15) is 5.11 Å². The Hall–Kier alpha value is -0.160. The number of likely N-dealkylation sites (tertiary alicyclic amines) is 1. The van der Waals surface area contributed by atoms with Gasteiger partial charge in [-0.1, -0.05) is 6.42 Å². The highest BCUT2D eigenvalue weighted by atomic mass is 16.3. The van der Waals surface area contributed by atoms with Crippen LogP contribution in [0.4, 0.5) is 0 Å². The molecule has 2 rings (SSSR count). The molecule has 1 heterocycles. The Morgan fingerprint density at radius 3 is 2.69 bits per heavy atom. The maximum absolute atomic E-state index is 9.83. The summed E-state index contributed by atoms with van der Waals surface area (Å²) < 4.78 is 0. The lowest BCUT2D eigenvalue weighted by atomic mass is 10.1. The Morgan fingerprint density at radius 2 is 2.12 bits per heavy atom. The number of β-amino-alcohol motifs (C(OH)–C–C–N with tert-alkyl or cyclic N) is 1. The molecule has 1 aliphatic carbocycles. The first-order chi connectivity index (χ1) is 7.58. The van der Waals surface area contributed by atoms with Crippen molar-refractivity contribution in [2.45, 2.75) is 49.9 Å². The number of aliphatic hydroxyl groups is 1. The molecule has 0 spiro atoms. The van der Waals surface area contributed by atoms with Gasteiger partial charge in [-0.05, 0) is 33.4 Å². The van der Waals surface area contributed by atoms with Crippen LogP contribution in [0.1, 0.15) is 25.7 Å². The number of nitrogens with two attached hydrogens (primary N) is 1. The van der Waals surface area contributed by atoms with Gasteiger partial charge in [0.2, 0.25) is 0 Å². The second-order valence-corrected chi connectivity index (χ2v) is 5.66. The SMILES string of the molecule is CN(C)CC1CC(O)CN1C1CCCC1N. The molecule has 0 amide bonds. The van der Waals surface area contributed by atoms with Gasteiger partial charge in [-0.15, -0.1) is 0 Å². The van der Waals surface area contributed by atoms with Gasteiger partial charge in [0.05, 0.1) is 6.10 Å². The van der Waals surface area contributed by atoms with Gasteiger partial charge >= 0.3 is 0 Å². The van der Waals surface area contributed by atoms with Crippen LogP contribution in [-0.4, -0.2) is 66.3 Å². The molecule has 4 unspecified atom stereocenters. The van der Waals surface area contributed by atoms with Crippen LogP contribution in [0, 0.1) is 0 Å². The highest BCUT2D eigenvalue weighted by molar-refractivity contribution is 4.96. The van der Waals surface area contributed by atoms with E-state index in [-0.39, 0.29) is 6.10 Å². The maximum Gasteiger partial charge on any atom is 0.0682 e. The van der Waals surface area contributed by atoms with E-state index in [1.165, 1.54) is 12.8 Å². The molecule has 0 radical (unpaired) electrons. The van der Waals surface area contributed by atoms with Crippen molar-refractivity contribution in [1.82, 2.24) is 9.80 Å². The van der Waals surface area contributed by atoms with Gasteiger partial charge in [0.25, 0.3) is 0 Å². The first-order valence-corrected chi connectivity index (χ1v) is 6.42. The highest BCUT2D eigenvalue weighted by Gasteiger charge is 2.39. The van der Waals surface area contributed by atoms with E-state index in [0.717, 1.165) is 25.9 Å². The smallest absolute Gasteiger partial charge is 0.0682 e. The summed E-state index contributed by atoms with van der Waals surface area (Å²) in [7, 11) is 4.19. The monoisotopic (exact) mass is 227 g/mol. The van der Waals surface area contributed by atoms with Gasteiger partial charge in [0, 0.05) is 31.2 Å². The first-order valence-electron chi connectivity index (χ1n) is 6.42. The second-order valence-electron chi connectivity index (χ2n) is 5.66. The van der Waals surface area contributed by atoms with Crippen LogP contribution in [0.2, 0.25) is 0 Å². The van der Waals surface area contributed by atoms with E-state index in [2.05, 4.69) is 23.9 Å². The average Bonchev–Trinajstić information content (AvgIpc) is 2.71. The zero-order valence-corrected chi connectivity index (χ0v) is 10.5. The number of hydrogen-bond acceptors (Lipinski definition) is 4. The fraction of sp³-hybridized carbons (Fsp3) is 1.00. The van der Waals surface area contributed by atoms with Crippen molar-refractivity contribution in [3.63, 3.8) is 0 Å². The number of hydrogen-bond donors (Lipinski definition) is 2. The van der Waals surface area contributed by atoms with E-state index < -0.39 is 0 Å². The second kappa shape index (κ2) is 5.00. The minimum atomic E-state index is -0.155. The largest absolute Gasteiger partial charge is 0.392 e. The predicted molar refractivity (Wildman–Crippen MR) is 65.3 cm³/mol. The van der Waals surface area contributed by atoms with Crippen molar-refractivity contribution in [3.05, 3.63) is 0 Å². The summed E-state index contributed by atoms with van der Waals surface area (Å²) >= 11 is 0. The van der Waals surface area contributed by atoms with Crippen LogP contribution >= 0.6 is 0 Å². The van der Waals surface area contributed by atoms with Gasteiger partial charge in [-0.25, -0.2) is 0 Å². The zero-order chi connectivity index (χ0) is 11.7. The molecule has 16 heavy (non-hydrogen) atoms. The molecular weight excluding hydrogens is 202 g/mol. The molecule has 1 saturated heterocycles. The number of nitrogens with zero attached hydrogens (tertiary/aromatic N) is 2. The summed E-state index contributed by atoms with van der Waals surface area (Å²) in [4.78, 5) is 4.67. The summed E-state index contributed by atoms with van der Waals surface area (Å²) in [5.41, 5.74) is 6.16. The average molecular weight is 227 g/mol. The predicted octanol–water partition coefficient (Wildman–Crippen LogP) is -0.137. The van der Waals surface area contributed by atoms with Crippen molar-refractivity contribution in [3.8, 4) is 0 Å². The van der Waals surface area contributed by atoms with Crippen LogP contribution in [-0.2, 0) is 0 Å². The number of likely N-dealkylation sites (N-methyl/N-ethyl adjacent to an activating group) is 1. The molecule has 3 N–H and O–H groups in total. The molecule has 1 aliphatic heterocycles. The van der Waals surface area contributed by atoms with E-state index in [1.54, 1.807) is 0 Å². The quantitative estimate of drug-likeness (QED) is 0.705. The summed E-state index contributed by atoms with van der Waals surface area (Å²) in [5.74, 6) is 0. The number of rotatable bonds is 3. The molecule has 0 aromatic carbocycles. The Balaban J connectivity index is 2.00. The zero-order valence-electron chi connectivity index (χ0n) is 10.5. The Labute approximate surface area is 98.4 Å². The molecule has 0 bridgehead atoms. The van der Waals surface area contributed by atoms with Gasteiger partial charge in [-0.3, -0.25) is 4.90 Å². The fourth-order valence-corrected chi connectivity index (χ4v) is 3.30. The summed E-state index contributed by atoms with van der Waals surface area (Å²) in [5, 5.41) is 9.83. The van der Waals surface area contributed by atoms with Gasteiger partial charge < -0.3 is 15.7 Å². The van der Waals surface area contributed by atoms with Crippen LogP contribution < -0.4 is 5.73 Å². The third kappa shape index (κ3) is 2.56. The molecule has 94 valence electrons. The molecule has 2 aliphatic rings. The highest BCUT2D eigenvalue weighted by Crippen LogP contribution is 2.29. The Morgan fingerprint density at radius 1 is 1.38 bits per heavy atom. The topological polar surface area (TPSA) is 52.7 Å². The lowest BCUT2D eigenvalue weighted by Crippen LogP contribution is -2.49.